The maximum atomic E-state index is 12.4. The minimum Gasteiger partial charge on any atom is -0.497 e. The van der Waals surface area contributed by atoms with Gasteiger partial charge in [0.2, 0.25) is 0 Å². The fraction of sp³-hybridized carbons (Fsp3) is 0.100. The Morgan fingerprint density at radius 2 is 1.85 bits per heavy atom. The fourth-order valence-electron chi connectivity index (χ4n) is 2.27. The van der Waals surface area contributed by atoms with Crippen LogP contribution in [0.15, 0.2) is 72.2 Å². The number of hydrogen-bond donors (Lipinski definition) is 0. The molecule has 136 valence electrons. The average Bonchev–Trinajstić information content (AvgIpc) is 3.20. The van der Waals surface area contributed by atoms with E-state index >= 15 is 0 Å². The van der Waals surface area contributed by atoms with Crippen LogP contribution in [0.2, 0.25) is 0 Å². The summed E-state index contributed by atoms with van der Waals surface area (Å²) in [6, 6.07) is 16.3. The highest BCUT2D eigenvalue weighted by Crippen LogP contribution is 2.17. The first-order valence-corrected chi connectivity index (χ1v) is 9.13. The summed E-state index contributed by atoms with van der Waals surface area (Å²) in [5.41, 5.74) is 1.49. The Kier molecular flexibility index (Phi) is 6.17. The van der Waals surface area contributed by atoms with Gasteiger partial charge in [-0.2, -0.15) is 0 Å². The van der Waals surface area contributed by atoms with Crippen molar-refractivity contribution in [1.29, 1.82) is 0 Å². The van der Waals surface area contributed by atoms with E-state index in [-0.39, 0.29) is 17.4 Å². The van der Waals surface area contributed by atoms with Gasteiger partial charge in [0.1, 0.15) is 12.1 Å². The number of ether oxygens (including phenoxy) is 1. The lowest BCUT2D eigenvalue weighted by Gasteiger charge is -2.03. The maximum absolute atomic E-state index is 12.4. The van der Waals surface area contributed by atoms with Crippen LogP contribution in [0.25, 0.3) is 6.08 Å². The lowest BCUT2D eigenvalue weighted by atomic mass is 10.2. The van der Waals surface area contributed by atoms with E-state index in [0.29, 0.717) is 10.7 Å². The Bertz CT molecular complexity index is 950. The summed E-state index contributed by atoms with van der Waals surface area (Å²) in [6.07, 6.45) is 4.48. The number of methoxy groups -OCH3 is 1. The van der Waals surface area contributed by atoms with Crippen LogP contribution in [-0.2, 0) is 0 Å². The topological polar surface area (TPSA) is 74.1 Å². The monoisotopic (exact) mass is 379 g/mol. The van der Waals surface area contributed by atoms with Gasteiger partial charge in [0.25, 0.3) is 5.91 Å². The number of ketones is 1. The van der Waals surface area contributed by atoms with Gasteiger partial charge in [-0.3, -0.25) is 9.59 Å². The Labute approximate surface area is 160 Å². The highest BCUT2D eigenvalue weighted by Gasteiger charge is 2.13. The normalized spacial score (nSPS) is 10.9. The fourth-order valence-corrected chi connectivity index (χ4v) is 3.08. The van der Waals surface area contributed by atoms with Gasteiger partial charge in [-0.1, -0.05) is 54.2 Å². The molecule has 27 heavy (non-hydrogen) atoms. The van der Waals surface area contributed by atoms with E-state index in [0.717, 1.165) is 11.3 Å². The van der Waals surface area contributed by atoms with Crippen molar-refractivity contribution in [3.63, 3.8) is 0 Å². The van der Waals surface area contributed by atoms with Crippen molar-refractivity contribution in [2.45, 2.75) is 5.16 Å². The molecule has 0 aliphatic heterocycles. The van der Waals surface area contributed by atoms with Gasteiger partial charge in [0, 0.05) is 11.6 Å². The minimum atomic E-state index is -0.287. The van der Waals surface area contributed by atoms with Crippen LogP contribution in [0.3, 0.4) is 0 Å². The molecule has 0 N–H and O–H groups in total. The van der Waals surface area contributed by atoms with E-state index in [1.807, 2.05) is 42.5 Å². The highest BCUT2D eigenvalue weighted by atomic mass is 32.2. The molecule has 0 aliphatic carbocycles. The quantitative estimate of drug-likeness (QED) is 0.355. The van der Waals surface area contributed by atoms with Crippen molar-refractivity contribution in [3.8, 4) is 5.75 Å². The number of Topliss-reactive ketones (excluding diaryl/α,β-unsaturated/α-hetero) is 1. The van der Waals surface area contributed by atoms with Crippen LogP contribution in [0.4, 0.5) is 0 Å². The molecule has 0 fully saturated rings. The largest absolute Gasteiger partial charge is 0.497 e. The summed E-state index contributed by atoms with van der Waals surface area (Å²) in [5, 5.41) is 8.09. The van der Waals surface area contributed by atoms with E-state index in [2.05, 4.69) is 10.2 Å². The van der Waals surface area contributed by atoms with Crippen molar-refractivity contribution in [2.24, 2.45) is 0 Å². The zero-order valence-electron chi connectivity index (χ0n) is 14.6. The Hall–Kier alpha value is -3.19. The number of carbonyl (C=O) groups excluding carboxylic acids is 2. The molecule has 2 aromatic carbocycles. The molecule has 0 unspecified atom stereocenters. The predicted octanol–water partition coefficient (Wildman–Crippen LogP) is 3.62. The Morgan fingerprint density at radius 3 is 2.56 bits per heavy atom. The van der Waals surface area contributed by atoms with E-state index in [4.69, 9.17) is 4.74 Å². The third kappa shape index (κ3) is 4.92. The van der Waals surface area contributed by atoms with Crippen LogP contribution >= 0.6 is 11.8 Å². The predicted molar refractivity (Wildman–Crippen MR) is 104 cm³/mol. The molecular formula is C20H17N3O3S. The first-order chi connectivity index (χ1) is 13.2. The highest BCUT2D eigenvalue weighted by molar-refractivity contribution is 7.99. The molecule has 0 amide bonds. The van der Waals surface area contributed by atoms with Crippen LogP contribution < -0.4 is 4.74 Å². The molecule has 0 atom stereocenters. The zero-order valence-corrected chi connectivity index (χ0v) is 15.4. The van der Waals surface area contributed by atoms with Crippen molar-refractivity contribution in [3.05, 3.63) is 78.1 Å². The van der Waals surface area contributed by atoms with Gasteiger partial charge >= 0.3 is 0 Å². The lowest BCUT2D eigenvalue weighted by molar-refractivity contribution is 0.0957. The van der Waals surface area contributed by atoms with Gasteiger partial charge in [0.05, 0.1) is 12.9 Å². The van der Waals surface area contributed by atoms with Gasteiger partial charge < -0.3 is 4.74 Å². The summed E-state index contributed by atoms with van der Waals surface area (Å²) in [6.45, 7) is 0. The molecule has 7 heteroatoms. The second-order valence-corrected chi connectivity index (χ2v) is 6.45. The molecule has 1 aromatic heterocycles. The molecule has 0 aliphatic rings. The third-order valence-corrected chi connectivity index (χ3v) is 4.66. The maximum Gasteiger partial charge on any atom is 0.258 e. The van der Waals surface area contributed by atoms with E-state index in [1.54, 1.807) is 25.3 Å². The van der Waals surface area contributed by atoms with E-state index in [9.17, 15) is 9.59 Å². The van der Waals surface area contributed by atoms with Crippen molar-refractivity contribution < 1.29 is 14.3 Å². The summed E-state index contributed by atoms with van der Waals surface area (Å²) in [7, 11) is 1.60. The van der Waals surface area contributed by atoms with E-state index in [1.165, 1.54) is 28.7 Å². The van der Waals surface area contributed by atoms with Gasteiger partial charge in [-0.05, 0) is 23.8 Å². The first-order valence-electron chi connectivity index (χ1n) is 8.15. The number of carbonyl (C=O) groups is 2. The molecule has 1 heterocycles. The van der Waals surface area contributed by atoms with Gasteiger partial charge in [-0.25, -0.2) is 4.57 Å². The van der Waals surface area contributed by atoms with Gasteiger partial charge in [-0.15, -0.1) is 10.2 Å². The van der Waals surface area contributed by atoms with E-state index < -0.39 is 0 Å². The third-order valence-electron chi connectivity index (χ3n) is 3.72. The molecule has 0 saturated heterocycles. The molecule has 0 radical (unpaired) electrons. The minimum absolute atomic E-state index is 0.0311. The van der Waals surface area contributed by atoms with Gasteiger partial charge in [0.15, 0.2) is 10.9 Å². The Morgan fingerprint density at radius 1 is 1.11 bits per heavy atom. The number of allylic oxidation sites excluding steroid dienone is 1. The first kappa shape index (κ1) is 18.6. The van der Waals surface area contributed by atoms with Crippen molar-refractivity contribution >= 4 is 29.5 Å². The number of nitrogens with zero attached hydrogens (tertiary/aromatic N) is 3. The molecule has 6 nitrogen and oxygen atoms in total. The summed E-state index contributed by atoms with van der Waals surface area (Å²) in [5.74, 6) is 0.610. The van der Waals surface area contributed by atoms with Crippen molar-refractivity contribution in [1.82, 2.24) is 14.8 Å². The molecule has 3 aromatic rings. The lowest BCUT2D eigenvalue weighted by Crippen LogP contribution is -2.09. The van der Waals surface area contributed by atoms with Crippen LogP contribution in [0, 0.1) is 0 Å². The molecular weight excluding hydrogens is 362 g/mol. The second-order valence-electron chi connectivity index (χ2n) is 5.51. The standard InChI is InChI=1S/C20H17N3O3S/c1-26-17-10-7-15(8-11-17)9-12-19(25)23-14-21-22-20(23)27-13-18(24)16-5-3-2-4-6-16/h2-12,14H,13H2,1H3. The number of aromatic nitrogens is 3. The molecule has 0 saturated carbocycles. The molecule has 0 spiro atoms. The smallest absolute Gasteiger partial charge is 0.258 e. The zero-order chi connectivity index (χ0) is 19.1. The van der Waals surface area contributed by atoms with Crippen LogP contribution in [0.1, 0.15) is 20.7 Å². The number of rotatable bonds is 7. The molecule has 3 rings (SSSR count). The Balaban J connectivity index is 1.64. The van der Waals surface area contributed by atoms with Crippen LogP contribution in [-0.4, -0.2) is 39.3 Å². The SMILES string of the molecule is COc1ccc(C=CC(=O)n2cnnc2SCC(=O)c2ccccc2)cc1. The second kappa shape index (κ2) is 8.95. The summed E-state index contributed by atoms with van der Waals surface area (Å²) >= 11 is 1.18. The summed E-state index contributed by atoms with van der Waals surface area (Å²) in [4.78, 5) is 24.6. The summed E-state index contributed by atoms with van der Waals surface area (Å²) < 4.78 is 6.43. The van der Waals surface area contributed by atoms with Crippen LogP contribution in [0.5, 0.6) is 5.75 Å². The van der Waals surface area contributed by atoms with Crippen molar-refractivity contribution in [2.75, 3.05) is 12.9 Å². The average molecular weight is 379 g/mol. The number of hydrogen-bond acceptors (Lipinski definition) is 6. The number of benzene rings is 2. The molecule has 0 bridgehead atoms. The number of thioether (sulfide) groups is 1.